The number of ether oxygens (including phenoxy) is 5. The van der Waals surface area contributed by atoms with Crippen molar-refractivity contribution < 1.29 is 61.5 Å². The molecular weight excluding hydrogens is 812 g/mol. The zero-order chi connectivity index (χ0) is 43.2. The number of nitrogens with zero attached hydrogens (tertiary/aromatic N) is 3. The van der Waals surface area contributed by atoms with Crippen LogP contribution in [-0.4, -0.2) is 102 Å². The van der Waals surface area contributed by atoms with Gasteiger partial charge in [-0.25, -0.2) is 9.59 Å². The molecule has 7 aliphatic heterocycles. The normalized spacial score (nSPS) is 27.5. The van der Waals surface area contributed by atoms with Crippen LogP contribution in [0.4, 0.5) is 18.9 Å². The third-order valence-corrected chi connectivity index (χ3v) is 13.9. The first-order valence-corrected chi connectivity index (χ1v) is 20.1. The zero-order valence-electron chi connectivity index (χ0n) is 33.1. The number of likely N-dealkylation sites (N-methyl/N-ethyl adjacent to an activating group) is 1. The number of carbonyl (C=O) groups excluding carboxylic acids is 2. The van der Waals surface area contributed by atoms with Crippen molar-refractivity contribution in [1.82, 2.24) is 15.1 Å². The van der Waals surface area contributed by atoms with Gasteiger partial charge in [-0.1, -0.05) is 12.1 Å². The van der Waals surface area contributed by atoms with E-state index in [0.29, 0.717) is 59.2 Å². The number of methoxy groups -OCH3 is 1. The van der Waals surface area contributed by atoms with Crippen molar-refractivity contribution in [2.24, 2.45) is 0 Å². The van der Waals surface area contributed by atoms with Crippen LogP contribution >= 0.6 is 11.8 Å². The van der Waals surface area contributed by atoms with E-state index in [1.807, 2.05) is 33.0 Å². The molecule has 0 amide bonds. The molecule has 3 aromatic rings. The van der Waals surface area contributed by atoms with Crippen LogP contribution in [0, 0.1) is 25.2 Å². The lowest BCUT2D eigenvalue weighted by Crippen LogP contribution is -2.69. The standard InChI is InChI=1S/C39H41N5O8S.C2HF3O2/c1-17-10-21-12-24-25(13-40)44-26-14-49-38(47)39(23-7-6-22(41)11-20(23)8-9-42-39)15-53-37(31(44)30(43(24)4)27(21)32(46)33(17)48-5)29-28(26)36-35(50-16-51-36)18(2)34(29)52-19(3)45;3-2(4,5)1(6)7/h6-7,10-11,24-26,30-31,37,42,46H,8-9,12,14-16,41H2,1-5H3;(H,6,7)/t24-,25-,26-,30+,31+,37+,39+;/m0./s1. The number of thioether (sulfide) groups is 1. The Morgan fingerprint density at radius 3 is 2.48 bits per heavy atom. The van der Waals surface area contributed by atoms with Gasteiger partial charge >= 0.3 is 24.1 Å². The van der Waals surface area contributed by atoms with Crippen LogP contribution in [0.25, 0.3) is 0 Å². The molecule has 7 atom stereocenters. The van der Waals surface area contributed by atoms with Gasteiger partial charge in [-0.05, 0) is 68.1 Å². The molecule has 1 spiro atoms. The van der Waals surface area contributed by atoms with E-state index in [2.05, 4.69) is 27.3 Å². The number of phenols is 1. The number of halogens is 3. The number of nitrogen functional groups attached to an aromatic ring is 1. The summed E-state index contributed by atoms with van der Waals surface area (Å²) < 4.78 is 62.3. The van der Waals surface area contributed by atoms with Crippen LogP contribution in [-0.2, 0) is 37.5 Å². The Labute approximate surface area is 346 Å². The predicted molar refractivity (Wildman–Crippen MR) is 208 cm³/mol. The average molecular weight is 854 g/mol. The van der Waals surface area contributed by atoms with Gasteiger partial charge in [-0.3, -0.25) is 19.9 Å². The molecule has 0 aromatic heterocycles. The van der Waals surface area contributed by atoms with Gasteiger partial charge < -0.3 is 39.6 Å². The van der Waals surface area contributed by atoms with Crippen LogP contribution in [0.15, 0.2) is 24.3 Å². The maximum absolute atomic E-state index is 14.6. The Morgan fingerprint density at radius 1 is 1.10 bits per heavy atom. The number of benzene rings is 3. The number of alkyl halides is 3. The summed E-state index contributed by atoms with van der Waals surface area (Å²) in [7, 11) is 3.56. The van der Waals surface area contributed by atoms with E-state index in [-0.39, 0.29) is 30.9 Å². The number of carbonyl (C=O) groups is 3. The summed E-state index contributed by atoms with van der Waals surface area (Å²) >= 11 is 1.54. The highest BCUT2D eigenvalue weighted by atomic mass is 32.2. The summed E-state index contributed by atoms with van der Waals surface area (Å²) in [5.74, 6) is -1.66. The number of anilines is 1. The number of esters is 2. The predicted octanol–water partition coefficient (Wildman–Crippen LogP) is 4.49. The SMILES string of the molecule is COc1c(C)cc2c(c1O)[C@@H]1[C@@H]3[C@@H]4SC[C@]5(NCCc6cc(N)ccc65)C(=O)OC[C@@H](c5c6c(c(C)c(OC(C)=O)c54)OCO6)N3[C@@H](C#N)[C@H](C2)N1C.O=C(O)C(F)(F)F. The molecule has 7 aliphatic rings. The number of carboxylic acids is 1. The van der Waals surface area contributed by atoms with Crippen LogP contribution in [0.5, 0.6) is 28.7 Å². The third kappa shape index (κ3) is 6.25. The molecule has 2 saturated heterocycles. The molecule has 0 radical (unpaired) electrons. The number of fused-ring (bicyclic) bond motifs is 9. The lowest BCUT2D eigenvalue weighted by atomic mass is 9.71. The summed E-state index contributed by atoms with van der Waals surface area (Å²) in [5.41, 5.74) is 11.9. The molecule has 5 N–H and O–H groups in total. The minimum absolute atomic E-state index is 0.0388. The molecule has 19 heteroatoms. The minimum atomic E-state index is -5.08. The largest absolute Gasteiger partial charge is 0.504 e. The fourth-order valence-corrected chi connectivity index (χ4v) is 11.7. The lowest BCUT2D eigenvalue weighted by Gasteiger charge is -2.62. The van der Waals surface area contributed by atoms with Gasteiger partial charge in [0.2, 0.25) is 6.79 Å². The summed E-state index contributed by atoms with van der Waals surface area (Å²) in [5, 5.41) is 33.3. The van der Waals surface area contributed by atoms with Crippen molar-refractivity contribution in [3.8, 4) is 34.8 Å². The second kappa shape index (κ2) is 14.9. The number of aromatic hydroxyl groups is 1. The van der Waals surface area contributed by atoms with Crippen molar-refractivity contribution in [3.05, 3.63) is 68.8 Å². The molecule has 318 valence electrons. The van der Waals surface area contributed by atoms with Crippen molar-refractivity contribution in [3.63, 3.8) is 0 Å². The Balaban J connectivity index is 0.000000657. The summed E-state index contributed by atoms with van der Waals surface area (Å²) in [6.07, 6.45) is -3.88. The number of nitrogens with one attached hydrogen (secondary N) is 1. The van der Waals surface area contributed by atoms with Gasteiger partial charge in [0, 0.05) is 59.2 Å². The summed E-state index contributed by atoms with van der Waals surface area (Å²) in [4.78, 5) is 40.8. The fraction of sp³-hybridized carbons (Fsp3) is 0.463. The van der Waals surface area contributed by atoms with E-state index in [0.717, 1.165) is 33.4 Å². The van der Waals surface area contributed by atoms with Gasteiger partial charge in [0.15, 0.2) is 28.5 Å². The van der Waals surface area contributed by atoms with Crippen LogP contribution in [0.2, 0.25) is 0 Å². The van der Waals surface area contributed by atoms with E-state index >= 15 is 0 Å². The van der Waals surface area contributed by atoms with Gasteiger partial charge in [0.05, 0.1) is 30.5 Å². The molecule has 3 aromatic carbocycles. The van der Waals surface area contributed by atoms with E-state index in [9.17, 15) is 33.1 Å². The Bertz CT molecular complexity index is 2370. The van der Waals surface area contributed by atoms with Crippen LogP contribution in [0.1, 0.15) is 68.8 Å². The topological polar surface area (TPSA) is 206 Å². The minimum Gasteiger partial charge on any atom is -0.504 e. The van der Waals surface area contributed by atoms with Crippen LogP contribution in [0.3, 0.4) is 0 Å². The average Bonchev–Trinajstić information content (AvgIpc) is 3.68. The van der Waals surface area contributed by atoms with Gasteiger partial charge in [-0.2, -0.15) is 18.4 Å². The maximum atomic E-state index is 14.6. The van der Waals surface area contributed by atoms with E-state index in [4.69, 9.17) is 39.3 Å². The molecule has 15 nitrogen and oxygen atoms in total. The molecule has 0 saturated carbocycles. The van der Waals surface area contributed by atoms with E-state index in [1.165, 1.54) is 18.7 Å². The highest BCUT2D eigenvalue weighted by Crippen LogP contribution is 2.64. The number of rotatable bonds is 2. The molecule has 10 rings (SSSR count). The van der Waals surface area contributed by atoms with Crippen molar-refractivity contribution in [1.29, 1.82) is 5.26 Å². The van der Waals surface area contributed by atoms with Gasteiger partial charge in [0.1, 0.15) is 18.4 Å². The number of nitriles is 1. The molecule has 4 bridgehead atoms. The highest BCUT2D eigenvalue weighted by molar-refractivity contribution is 7.99. The second-order valence-electron chi connectivity index (χ2n) is 15.6. The molecule has 0 aliphatic carbocycles. The monoisotopic (exact) mass is 853 g/mol. The highest BCUT2D eigenvalue weighted by Gasteiger charge is 2.62. The first-order chi connectivity index (χ1) is 28.4. The molecule has 7 heterocycles. The third-order valence-electron chi connectivity index (χ3n) is 12.4. The Hall–Kier alpha value is -5.42. The van der Waals surface area contributed by atoms with Crippen LogP contribution < -0.4 is 30.0 Å². The fourth-order valence-electron chi connectivity index (χ4n) is 10.0. The number of aryl methyl sites for hydroxylation is 1. The zero-order valence-corrected chi connectivity index (χ0v) is 34.0. The first-order valence-electron chi connectivity index (χ1n) is 19.1. The number of hydrogen-bond donors (Lipinski definition) is 4. The molecular formula is C41H42F3N5O10S. The smallest absolute Gasteiger partial charge is 0.490 e. The number of carboxylic acid groups (broad SMARTS) is 1. The Kier molecular flexibility index (Phi) is 10.3. The van der Waals surface area contributed by atoms with E-state index < -0.39 is 59.0 Å². The molecule has 0 unspecified atom stereocenters. The van der Waals surface area contributed by atoms with Gasteiger partial charge in [0.25, 0.3) is 0 Å². The number of piperazine rings is 1. The molecule has 2 fully saturated rings. The number of hydrogen-bond acceptors (Lipinski definition) is 15. The van der Waals surface area contributed by atoms with Crippen molar-refractivity contribution in [2.75, 3.05) is 45.6 Å². The molecule has 60 heavy (non-hydrogen) atoms. The first kappa shape index (κ1) is 41.3. The van der Waals surface area contributed by atoms with Crippen molar-refractivity contribution >= 4 is 35.4 Å². The van der Waals surface area contributed by atoms with Gasteiger partial charge in [-0.15, -0.1) is 11.8 Å². The summed E-state index contributed by atoms with van der Waals surface area (Å²) in [6, 6.07) is 7.80. The van der Waals surface area contributed by atoms with Crippen molar-refractivity contribution in [2.45, 2.75) is 80.8 Å². The quantitative estimate of drug-likeness (QED) is 0.159. The second-order valence-corrected chi connectivity index (χ2v) is 16.8. The number of aliphatic carboxylic acids is 1. The Morgan fingerprint density at radius 2 is 1.82 bits per heavy atom. The number of phenolic OH excluding ortho intramolecular Hbond substituents is 1. The lowest BCUT2D eigenvalue weighted by molar-refractivity contribution is -0.192. The maximum Gasteiger partial charge on any atom is 0.490 e. The van der Waals surface area contributed by atoms with E-state index in [1.54, 1.807) is 13.2 Å². The summed E-state index contributed by atoms with van der Waals surface area (Å²) in [6.45, 7) is 5.50. The number of nitrogens with two attached hydrogens (primary N) is 1.